The van der Waals surface area contributed by atoms with Crippen molar-refractivity contribution in [1.82, 2.24) is 4.98 Å². The maximum atomic E-state index is 12.2. The first kappa shape index (κ1) is 13.1. The third kappa shape index (κ3) is 2.89. The number of pyridine rings is 1. The molecular weight excluding hydrogens is 262 g/mol. The average Bonchev–Trinajstić information content (AvgIpc) is 2.38. The van der Waals surface area contributed by atoms with Crippen molar-refractivity contribution in [2.75, 3.05) is 4.72 Å². The van der Waals surface area contributed by atoms with Gasteiger partial charge in [-0.3, -0.25) is 9.71 Å². The molecule has 0 spiro atoms. The first-order chi connectivity index (χ1) is 9.03. The molecule has 0 fully saturated rings. The van der Waals surface area contributed by atoms with Gasteiger partial charge in [-0.25, -0.2) is 8.42 Å². The number of nitrogens with zero attached hydrogens (tertiary/aromatic N) is 2. The quantitative estimate of drug-likeness (QED) is 0.927. The van der Waals surface area contributed by atoms with Crippen molar-refractivity contribution in [3.05, 3.63) is 53.9 Å². The number of aryl methyl sites for hydroxylation is 1. The molecule has 1 N–H and O–H groups in total. The molecule has 2 aromatic rings. The topological polar surface area (TPSA) is 82.9 Å². The van der Waals surface area contributed by atoms with Crippen molar-refractivity contribution >= 4 is 15.7 Å². The van der Waals surface area contributed by atoms with Crippen LogP contribution in [0.15, 0.2) is 47.5 Å². The fourth-order valence-corrected chi connectivity index (χ4v) is 2.82. The highest BCUT2D eigenvalue weighted by Crippen LogP contribution is 2.19. The van der Waals surface area contributed by atoms with E-state index in [1.54, 1.807) is 31.2 Å². The molecule has 0 bridgehead atoms. The van der Waals surface area contributed by atoms with E-state index in [1.807, 2.05) is 6.07 Å². The van der Waals surface area contributed by atoms with E-state index in [0.29, 0.717) is 11.4 Å². The first-order valence-electron chi connectivity index (χ1n) is 5.47. The SMILES string of the molecule is Cc1cc(NS(=O)(=O)c2ccccc2C#N)ccn1. The molecule has 1 aromatic carbocycles. The van der Waals surface area contributed by atoms with Gasteiger partial charge in [0.2, 0.25) is 0 Å². The fraction of sp³-hybridized carbons (Fsp3) is 0.0769. The Balaban J connectivity index is 2.41. The Hall–Kier alpha value is -2.39. The van der Waals surface area contributed by atoms with Gasteiger partial charge in [-0.15, -0.1) is 0 Å². The van der Waals surface area contributed by atoms with Gasteiger partial charge in [-0.2, -0.15) is 5.26 Å². The van der Waals surface area contributed by atoms with Gasteiger partial charge < -0.3 is 0 Å². The van der Waals surface area contributed by atoms with Gasteiger partial charge in [0.1, 0.15) is 11.0 Å². The second kappa shape index (κ2) is 5.08. The van der Waals surface area contributed by atoms with E-state index in [0.717, 1.165) is 0 Å². The summed E-state index contributed by atoms with van der Waals surface area (Å²) in [5, 5.41) is 8.94. The summed E-state index contributed by atoms with van der Waals surface area (Å²) in [7, 11) is -3.77. The summed E-state index contributed by atoms with van der Waals surface area (Å²) >= 11 is 0. The molecule has 0 saturated heterocycles. The van der Waals surface area contributed by atoms with Crippen LogP contribution < -0.4 is 4.72 Å². The summed E-state index contributed by atoms with van der Waals surface area (Å²) in [4.78, 5) is 3.95. The Labute approximate surface area is 111 Å². The van der Waals surface area contributed by atoms with Gasteiger partial charge in [0.15, 0.2) is 0 Å². The van der Waals surface area contributed by atoms with Gasteiger partial charge in [0.25, 0.3) is 10.0 Å². The molecular formula is C13H11N3O2S. The summed E-state index contributed by atoms with van der Waals surface area (Å²) in [5.41, 5.74) is 1.23. The summed E-state index contributed by atoms with van der Waals surface area (Å²) in [6.07, 6.45) is 1.52. The molecule has 1 heterocycles. The lowest BCUT2D eigenvalue weighted by molar-refractivity contribution is 0.601. The lowest BCUT2D eigenvalue weighted by Gasteiger charge is -2.09. The van der Waals surface area contributed by atoms with Crippen LogP contribution in [0.1, 0.15) is 11.3 Å². The lowest BCUT2D eigenvalue weighted by Crippen LogP contribution is -2.14. The summed E-state index contributed by atoms with van der Waals surface area (Å²) < 4.78 is 26.9. The second-order valence-corrected chi connectivity index (χ2v) is 5.55. The molecule has 0 saturated carbocycles. The van der Waals surface area contributed by atoms with Crippen LogP contribution in [0.4, 0.5) is 5.69 Å². The molecule has 0 atom stereocenters. The summed E-state index contributed by atoms with van der Waals surface area (Å²) in [5.74, 6) is 0. The van der Waals surface area contributed by atoms with E-state index in [2.05, 4.69) is 9.71 Å². The fourth-order valence-electron chi connectivity index (χ4n) is 1.61. The first-order valence-corrected chi connectivity index (χ1v) is 6.96. The molecule has 0 amide bonds. The highest BCUT2D eigenvalue weighted by molar-refractivity contribution is 7.92. The van der Waals surface area contributed by atoms with Gasteiger partial charge in [0.05, 0.1) is 11.3 Å². The Morgan fingerprint density at radius 1 is 1.26 bits per heavy atom. The van der Waals surface area contributed by atoms with Gasteiger partial charge in [-0.05, 0) is 31.2 Å². The van der Waals surface area contributed by atoms with E-state index < -0.39 is 10.0 Å². The number of aromatic nitrogens is 1. The average molecular weight is 273 g/mol. The molecule has 0 radical (unpaired) electrons. The number of rotatable bonds is 3. The zero-order valence-corrected chi connectivity index (χ0v) is 11.0. The molecule has 0 aliphatic rings. The van der Waals surface area contributed by atoms with Gasteiger partial charge >= 0.3 is 0 Å². The Kier molecular flexibility index (Phi) is 3.49. The second-order valence-electron chi connectivity index (χ2n) is 3.90. The van der Waals surface area contributed by atoms with E-state index >= 15 is 0 Å². The third-order valence-electron chi connectivity index (χ3n) is 2.45. The van der Waals surface area contributed by atoms with Crippen LogP contribution in [0.2, 0.25) is 0 Å². The van der Waals surface area contributed by atoms with Crippen molar-refractivity contribution in [3.63, 3.8) is 0 Å². The van der Waals surface area contributed by atoms with Crippen molar-refractivity contribution in [1.29, 1.82) is 5.26 Å². The number of benzene rings is 1. The number of sulfonamides is 1. The molecule has 6 heteroatoms. The minimum absolute atomic E-state index is 0.0352. The molecule has 0 aliphatic carbocycles. The summed E-state index contributed by atoms with van der Waals surface area (Å²) in [6.45, 7) is 1.76. The van der Waals surface area contributed by atoms with Crippen LogP contribution in [-0.2, 0) is 10.0 Å². The number of nitriles is 1. The van der Waals surface area contributed by atoms with Crippen molar-refractivity contribution in [3.8, 4) is 6.07 Å². The lowest BCUT2D eigenvalue weighted by atomic mass is 10.2. The monoisotopic (exact) mass is 273 g/mol. The highest BCUT2D eigenvalue weighted by Gasteiger charge is 2.18. The van der Waals surface area contributed by atoms with Crippen LogP contribution in [-0.4, -0.2) is 13.4 Å². The third-order valence-corrected chi connectivity index (χ3v) is 3.89. The predicted octanol–water partition coefficient (Wildman–Crippen LogP) is 2.06. The molecule has 0 unspecified atom stereocenters. The number of hydrogen-bond acceptors (Lipinski definition) is 4. The molecule has 96 valence electrons. The normalized spacial score (nSPS) is 10.7. The van der Waals surface area contributed by atoms with Crippen molar-refractivity contribution < 1.29 is 8.42 Å². The largest absolute Gasteiger partial charge is 0.279 e. The standard InChI is InChI=1S/C13H11N3O2S/c1-10-8-12(6-7-15-10)16-19(17,18)13-5-3-2-4-11(13)9-14/h2-8H,1H3,(H,15,16). The molecule has 0 aliphatic heterocycles. The number of nitrogens with one attached hydrogen (secondary N) is 1. The maximum Gasteiger partial charge on any atom is 0.263 e. The van der Waals surface area contributed by atoms with Crippen LogP contribution >= 0.6 is 0 Å². The van der Waals surface area contributed by atoms with Crippen LogP contribution in [0.25, 0.3) is 0 Å². The zero-order chi connectivity index (χ0) is 13.9. The van der Waals surface area contributed by atoms with Gasteiger partial charge in [-0.1, -0.05) is 12.1 Å². The predicted molar refractivity (Wildman–Crippen MR) is 70.9 cm³/mol. The van der Waals surface area contributed by atoms with Crippen LogP contribution in [0.3, 0.4) is 0 Å². The van der Waals surface area contributed by atoms with E-state index in [1.165, 1.54) is 18.3 Å². The smallest absolute Gasteiger partial charge is 0.263 e. The van der Waals surface area contributed by atoms with Crippen LogP contribution in [0, 0.1) is 18.3 Å². The molecule has 5 nitrogen and oxygen atoms in total. The zero-order valence-electron chi connectivity index (χ0n) is 10.2. The highest BCUT2D eigenvalue weighted by atomic mass is 32.2. The van der Waals surface area contributed by atoms with Crippen molar-refractivity contribution in [2.45, 2.75) is 11.8 Å². The minimum atomic E-state index is -3.77. The van der Waals surface area contributed by atoms with E-state index in [9.17, 15) is 8.42 Å². The number of anilines is 1. The van der Waals surface area contributed by atoms with Crippen molar-refractivity contribution in [2.24, 2.45) is 0 Å². The Bertz CT molecular complexity index is 748. The maximum absolute atomic E-state index is 12.2. The van der Waals surface area contributed by atoms with Crippen LogP contribution in [0.5, 0.6) is 0 Å². The summed E-state index contributed by atoms with van der Waals surface area (Å²) in [6, 6.07) is 11.1. The molecule has 1 aromatic heterocycles. The Morgan fingerprint density at radius 2 is 2.00 bits per heavy atom. The minimum Gasteiger partial charge on any atom is -0.279 e. The molecule has 19 heavy (non-hydrogen) atoms. The van der Waals surface area contributed by atoms with E-state index in [-0.39, 0.29) is 10.5 Å². The number of hydrogen-bond donors (Lipinski definition) is 1. The molecule has 2 rings (SSSR count). The Morgan fingerprint density at radius 3 is 2.68 bits per heavy atom. The van der Waals surface area contributed by atoms with Gasteiger partial charge in [0, 0.05) is 11.9 Å². The van der Waals surface area contributed by atoms with E-state index in [4.69, 9.17) is 5.26 Å².